The number of aromatic nitrogens is 4. The van der Waals surface area contributed by atoms with Crippen LogP contribution in [-0.2, 0) is 15.5 Å². The predicted octanol–water partition coefficient (Wildman–Crippen LogP) is 4.91. The third kappa shape index (κ3) is 4.63. The second-order valence-corrected chi connectivity index (χ2v) is 11.4. The second kappa shape index (κ2) is 8.49. The number of nitrogen functional groups attached to an aromatic ring is 1. The number of fused-ring (bicyclic) bond motifs is 1. The number of nitriles is 1. The number of nitrogens with zero attached hydrogens (tertiary/aromatic N) is 7. The van der Waals surface area contributed by atoms with Crippen LogP contribution < -0.4 is 5.73 Å². The summed E-state index contributed by atoms with van der Waals surface area (Å²) in [6.07, 6.45) is 0. The second-order valence-electron chi connectivity index (χ2n) is 8.94. The zero-order valence-electron chi connectivity index (χ0n) is 19.6. The number of hydrogen-bond acceptors (Lipinski definition) is 10. The molecule has 0 atom stereocenters. The zero-order chi connectivity index (χ0) is 25.7. The van der Waals surface area contributed by atoms with E-state index in [-0.39, 0.29) is 22.1 Å². The first-order valence-electron chi connectivity index (χ1n) is 10.4. The number of azo groups is 1. The Morgan fingerprint density at radius 1 is 1.17 bits per heavy atom. The van der Waals surface area contributed by atoms with Gasteiger partial charge >= 0.3 is 0 Å². The van der Waals surface area contributed by atoms with Gasteiger partial charge in [-0.1, -0.05) is 32.1 Å². The van der Waals surface area contributed by atoms with E-state index in [2.05, 4.69) is 31.4 Å². The maximum absolute atomic E-state index is 11.5. The highest BCUT2D eigenvalue weighted by Crippen LogP contribution is 2.37. The SMILES string of the molecule is Cc1cc(C)c(N=Nc2c(C#N)c(C(C)(C)C)nn2-c2nc3cc(S(=O)(=O)O)ccc3s2)c(N)n1. The molecule has 0 unspecified atom stereocenters. The molecule has 3 N–H and O–H groups in total. The number of thiazole rings is 1. The van der Waals surface area contributed by atoms with Gasteiger partial charge in [0, 0.05) is 11.1 Å². The third-order valence-electron chi connectivity index (χ3n) is 5.09. The number of nitrogens with two attached hydrogens (primary N) is 1. The van der Waals surface area contributed by atoms with E-state index in [0.717, 1.165) is 11.3 Å². The van der Waals surface area contributed by atoms with Crippen LogP contribution in [-0.4, -0.2) is 32.7 Å². The van der Waals surface area contributed by atoms with Crippen LogP contribution in [0.3, 0.4) is 0 Å². The van der Waals surface area contributed by atoms with Crippen LogP contribution in [0.5, 0.6) is 0 Å². The van der Waals surface area contributed by atoms with Gasteiger partial charge in [-0.15, -0.1) is 10.2 Å². The average molecular weight is 511 g/mol. The fraction of sp³-hybridized carbons (Fsp3) is 0.273. The normalized spacial score (nSPS) is 12.5. The summed E-state index contributed by atoms with van der Waals surface area (Å²) in [5.74, 6) is 0.371. The molecule has 0 radical (unpaired) electrons. The van der Waals surface area contributed by atoms with Crippen LogP contribution in [0.4, 0.5) is 17.3 Å². The molecule has 13 heteroatoms. The highest BCUT2D eigenvalue weighted by Gasteiger charge is 2.29. The molecular weight excluding hydrogens is 488 g/mol. The molecule has 0 saturated heterocycles. The minimum Gasteiger partial charge on any atom is -0.382 e. The molecule has 0 spiro atoms. The average Bonchev–Trinajstić information content (AvgIpc) is 3.32. The molecule has 3 heterocycles. The molecule has 4 rings (SSSR count). The van der Waals surface area contributed by atoms with Crippen molar-refractivity contribution < 1.29 is 13.0 Å². The van der Waals surface area contributed by atoms with Crippen molar-refractivity contribution in [2.24, 2.45) is 10.2 Å². The van der Waals surface area contributed by atoms with E-state index >= 15 is 0 Å². The quantitative estimate of drug-likeness (QED) is 0.288. The standard InChI is InChI=1S/C22H22N8O3S2/c1-11-8-12(2)25-19(24)17(11)27-28-20-14(10-23)18(22(3,4)5)29-30(20)21-26-15-9-13(35(31,32)33)6-7-16(15)34-21/h6-9H,1-5H3,(H2,24,25)(H,31,32,33). The third-order valence-corrected chi connectivity index (χ3v) is 6.95. The maximum atomic E-state index is 11.5. The Hall–Kier alpha value is -3.73. The topological polar surface area (TPSA) is 172 Å². The van der Waals surface area contributed by atoms with E-state index in [1.807, 2.05) is 40.7 Å². The van der Waals surface area contributed by atoms with Crippen molar-refractivity contribution in [2.45, 2.75) is 44.9 Å². The van der Waals surface area contributed by atoms with E-state index < -0.39 is 15.5 Å². The number of pyridine rings is 1. The molecule has 1 aromatic carbocycles. The number of rotatable bonds is 4. The molecule has 35 heavy (non-hydrogen) atoms. The van der Waals surface area contributed by atoms with Gasteiger partial charge in [0.2, 0.25) is 5.13 Å². The molecule has 0 aliphatic rings. The summed E-state index contributed by atoms with van der Waals surface area (Å²) in [7, 11) is -4.39. The zero-order valence-corrected chi connectivity index (χ0v) is 21.2. The molecular formula is C22H22N8O3S2. The minimum atomic E-state index is -4.39. The van der Waals surface area contributed by atoms with Crippen LogP contribution in [0.1, 0.15) is 43.3 Å². The van der Waals surface area contributed by atoms with Gasteiger partial charge in [-0.2, -0.15) is 23.5 Å². The lowest BCUT2D eigenvalue weighted by molar-refractivity contribution is 0.483. The highest BCUT2D eigenvalue weighted by molar-refractivity contribution is 7.85. The molecule has 3 aromatic heterocycles. The lowest BCUT2D eigenvalue weighted by Crippen LogP contribution is -2.14. The van der Waals surface area contributed by atoms with Gasteiger partial charge in [-0.3, -0.25) is 4.55 Å². The van der Waals surface area contributed by atoms with Gasteiger partial charge in [-0.25, -0.2) is 9.97 Å². The van der Waals surface area contributed by atoms with Gasteiger partial charge in [0.15, 0.2) is 11.6 Å². The Morgan fingerprint density at radius 3 is 2.49 bits per heavy atom. The van der Waals surface area contributed by atoms with Gasteiger partial charge in [0.05, 0.1) is 20.8 Å². The van der Waals surface area contributed by atoms with Crippen LogP contribution >= 0.6 is 11.3 Å². The van der Waals surface area contributed by atoms with Gasteiger partial charge in [0.25, 0.3) is 10.1 Å². The molecule has 180 valence electrons. The first-order chi connectivity index (χ1) is 16.3. The van der Waals surface area contributed by atoms with Gasteiger partial charge in [-0.05, 0) is 43.7 Å². The summed E-state index contributed by atoms with van der Waals surface area (Å²) in [5.41, 5.74) is 8.54. The Morgan fingerprint density at radius 2 is 1.89 bits per heavy atom. The molecule has 0 aliphatic heterocycles. The fourth-order valence-electron chi connectivity index (χ4n) is 3.50. The van der Waals surface area contributed by atoms with Crippen molar-refractivity contribution >= 4 is 49.0 Å². The van der Waals surface area contributed by atoms with E-state index in [9.17, 15) is 18.2 Å². The van der Waals surface area contributed by atoms with Crippen LogP contribution in [0, 0.1) is 25.2 Å². The lowest BCUT2D eigenvalue weighted by Gasteiger charge is -2.14. The number of anilines is 1. The van der Waals surface area contributed by atoms with Crippen molar-refractivity contribution in [3.8, 4) is 11.2 Å². The van der Waals surface area contributed by atoms with Crippen molar-refractivity contribution in [1.82, 2.24) is 19.7 Å². The van der Waals surface area contributed by atoms with E-state index in [4.69, 9.17) is 5.73 Å². The van der Waals surface area contributed by atoms with E-state index in [0.29, 0.717) is 26.7 Å². The van der Waals surface area contributed by atoms with E-state index in [1.165, 1.54) is 28.2 Å². The Bertz CT molecular complexity index is 1630. The van der Waals surface area contributed by atoms with Crippen molar-refractivity contribution in [1.29, 1.82) is 5.26 Å². The number of benzene rings is 1. The van der Waals surface area contributed by atoms with Gasteiger partial charge in [0.1, 0.15) is 17.3 Å². The summed E-state index contributed by atoms with van der Waals surface area (Å²) in [6, 6.07) is 8.11. The Kier molecular flexibility index (Phi) is 5.92. The summed E-state index contributed by atoms with van der Waals surface area (Å²) >= 11 is 1.22. The van der Waals surface area contributed by atoms with Crippen molar-refractivity contribution in [3.63, 3.8) is 0 Å². The first-order valence-corrected chi connectivity index (χ1v) is 12.6. The maximum Gasteiger partial charge on any atom is 0.294 e. The monoisotopic (exact) mass is 510 g/mol. The Balaban J connectivity index is 1.94. The molecule has 0 fully saturated rings. The number of hydrogen-bond donors (Lipinski definition) is 2. The van der Waals surface area contributed by atoms with Crippen LogP contribution in [0.15, 0.2) is 39.4 Å². The molecule has 4 aromatic rings. The van der Waals surface area contributed by atoms with Gasteiger partial charge < -0.3 is 5.73 Å². The lowest BCUT2D eigenvalue weighted by atomic mass is 9.90. The van der Waals surface area contributed by atoms with E-state index in [1.54, 1.807) is 6.07 Å². The summed E-state index contributed by atoms with van der Waals surface area (Å²) < 4.78 is 34.5. The molecule has 0 bridgehead atoms. The highest BCUT2D eigenvalue weighted by atomic mass is 32.2. The molecule has 0 saturated carbocycles. The molecule has 0 amide bonds. The first kappa shape index (κ1) is 24.4. The molecule has 0 aliphatic carbocycles. The minimum absolute atomic E-state index is 0.158. The van der Waals surface area contributed by atoms with Crippen molar-refractivity contribution in [2.75, 3.05) is 5.73 Å². The summed E-state index contributed by atoms with van der Waals surface area (Å²) in [5, 5.41) is 23.6. The Labute approximate surface area is 205 Å². The predicted molar refractivity (Wildman–Crippen MR) is 132 cm³/mol. The largest absolute Gasteiger partial charge is 0.382 e. The molecule has 11 nitrogen and oxygen atoms in total. The van der Waals surface area contributed by atoms with Crippen molar-refractivity contribution in [3.05, 3.63) is 46.8 Å². The van der Waals surface area contributed by atoms with Crippen LogP contribution in [0.25, 0.3) is 15.3 Å². The fourth-order valence-corrected chi connectivity index (χ4v) is 4.90. The summed E-state index contributed by atoms with van der Waals surface area (Å²) in [6.45, 7) is 9.42. The number of aryl methyl sites for hydroxylation is 2. The smallest absolute Gasteiger partial charge is 0.294 e. The van der Waals surface area contributed by atoms with Crippen LogP contribution in [0.2, 0.25) is 0 Å². The summed E-state index contributed by atoms with van der Waals surface area (Å²) in [4.78, 5) is 8.44.